The quantitative estimate of drug-likeness (QED) is 0.724. The summed E-state index contributed by atoms with van der Waals surface area (Å²) in [5.74, 6) is -0.0425. The molecular weight excluding hydrogens is 304 g/mol. The molecule has 0 fully saturated rings. The molecule has 2 heterocycles. The molecule has 6 heteroatoms. The van der Waals surface area contributed by atoms with Gasteiger partial charge in [-0.15, -0.1) is 0 Å². The molecular formula is C18H18N4O2. The molecule has 2 N–H and O–H groups in total. The molecule has 0 unspecified atom stereocenters. The molecule has 1 aromatic carbocycles. The number of fused-ring (bicyclic) bond motifs is 1. The summed E-state index contributed by atoms with van der Waals surface area (Å²) in [4.78, 5) is 27.8. The van der Waals surface area contributed by atoms with Crippen molar-refractivity contribution in [2.45, 2.75) is 20.4 Å². The van der Waals surface area contributed by atoms with Crippen LogP contribution in [0.2, 0.25) is 0 Å². The number of anilines is 1. The Morgan fingerprint density at radius 1 is 1.17 bits per heavy atom. The predicted molar refractivity (Wildman–Crippen MR) is 92.2 cm³/mol. The zero-order valence-electron chi connectivity index (χ0n) is 13.5. The summed E-state index contributed by atoms with van der Waals surface area (Å²) in [7, 11) is 0. The lowest BCUT2D eigenvalue weighted by atomic mass is 10.1. The minimum atomic E-state index is -0.343. The van der Waals surface area contributed by atoms with Crippen molar-refractivity contribution in [3.8, 4) is 0 Å². The molecule has 24 heavy (non-hydrogen) atoms. The van der Waals surface area contributed by atoms with Crippen molar-refractivity contribution >= 4 is 23.1 Å². The van der Waals surface area contributed by atoms with Gasteiger partial charge >= 0.3 is 6.03 Å². The van der Waals surface area contributed by atoms with Crippen molar-refractivity contribution in [3.05, 3.63) is 65.6 Å². The van der Waals surface area contributed by atoms with E-state index in [1.807, 2.05) is 35.7 Å². The first-order valence-corrected chi connectivity index (χ1v) is 7.62. The summed E-state index contributed by atoms with van der Waals surface area (Å²) in [5.41, 5.74) is 3.84. The summed E-state index contributed by atoms with van der Waals surface area (Å²) in [6.45, 7) is 3.81. The van der Waals surface area contributed by atoms with Gasteiger partial charge in [0.25, 0.3) is 0 Å². The van der Waals surface area contributed by atoms with Crippen LogP contribution >= 0.6 is 0 Å². The minimum absolute atomic E-state index is 0.0425. The molecule has 6 nitrogen and oxygen atoms in total. The van der Waals surface area contributed by atoms with Gasteiger partial charge in [0, 0.05) is 23.1 Å². The fourth-order valence-corrected chi connectivity index (χ4v) is 2.45. The number of Topliss-reactive ketones (excluding diaryl/α,β-unsaturated/α-hetero) is 1. The lowest BCUT2D eigenvalue weighted by Gasteiger charge is -2.07. The lowest BCUT2D eigenvalue weighted by Crippen LogP contribution is -2.28. The Kier molecular flexibility index (Phi) is 4.29. The standard InChI is InChI=1S/C18H18N4O2/c1-12-5-3-8-17-20-16(11-22(12)17)10-19-18(24)21-15-7-4-6-14(9-15)13(2)23/h3-9,11H,10H2,1-2H3,(H2,19,21,24). The van der Waals surface area contributed by atoms with E-state index in [1.165, 1.54) is 6.92 Å². The molecule has 0 bridgehead atoms. The third kappa shape index (κ3) is 3.43. The van der Waals surface area contributed by atoms with Crippen molar-refractivity contribution < 1.29 is 9.59 Å². The molecule has 0 aliphatic rings. The average Bonchev–Trinajstić information content (AvgIpc) is 2.98. The first kappa shape index (κ1) is 15.7. The topological polar surface area (TPSA) is 75.5 Å². The van der Waals surface area contributed by atoms with Gasteiger partial charge in [0.05, 0.1) is 12.2 Å². The van der Waals surface area contributed by atoms with Crippen molar-refractivity contribution in [2.75, 3.05) is 5.32 Å². The fraction of sp³-hybridized carbons (Fsp3) is 0.167. The van der Waals surface area contributed by atoms with Gasteiger partial charge in [-0.1, -0.05) is 18.2 Å². The number of aromatic nitrogens is 2. The van der Waals surface area contributed by atoms with E-state index in [0.29, 0.717) is 17.8 Å². The number of nitrogens with one attached hydrogen (secondary N) is 2. The number of ketones is 1. The highest BCUT2D eigenvalue weighted by atomic mass is 16.2. The highest BCUT2D eigenvalue weighted by molar-refractivity contribution is 5.96. The summed E-state index contributed by atoms with van der Waals surface area (Å²) >= 11 is 0. The molecule has 0 saturated heterocycles. The van der Waals surface area contributed by atoms with E-state index in [9.17, 15) is 9.59 Å². The van der Waals surface area contributed by atoms with Crippen LogP contribution in [0.15, 0.2) is 48.7 Å². The third-order valence-corrected chi connectivity index (χ3v) is 3.70. The van der Waals surface area contributed by atoms with E-state index in [-0.39, 0.29) is 11.8 Å². The first-order chi connectivity index (χ1) is 11.5. The largest absolute Gasteiger partial charge is 0.332 e. The number of rotatable bonds is 4. The number of benzene rings is 1. The number of carbonyl (C=O) groups excluding carboxylic acids is 2. The van der Waals surface area contributed by atoms with Crippen LogP contribution in [0.4, 0.5) is 10.5 Å². The number of hydrogen-bond donors (Lipinski definition) is 2. The highest BCUT2D eigenvalue weighted by Crippen LogP contribution is 2.11. The second-order valence-electron chi connectivity index (χ2n) is 5.57. The fourth-order valence-electron chi connectivity index (χ4n) is 2.45. The van der Waals surface area contributed by atoms with Crippen LogP contribution in [0.3, 0.4) is 0 Å². The molecule has 2 aromatic heterocycles. The second-order valence-corrected chi connectivity index (χ2v) is 5.57. The number of carbonyl (C=O) groups is 2. The van der Waals surface area contributed by atoms with Gasteiger partial charge in [-0.3, -0.25) is 4.79 Å². The lowest BCUT2D eigenvalue weighted by molar-refractivity contribution is 0.101. The third-order valence-electron chi connectivity index (χ3n) is 3.70. The number of nitrogens with zero attached hydrogens (tertiary/aromatic N) is 2. The van der Waals surface area contributed by atoms with Crippen molar-refractivity contribution in [1.29, 1.82) is 0 Å². The van der Waals surface area contributed by atoms with Crippen molar-refractivity contribution in [3.63, 3.8) is 0 Å². The number of amides is 2. The van der Waals surface area contributed by atoms with E-state index in [4.69, 9.17) is 0 Å². The second kappa shape index (κ2) is 6.54. The highest BCUT2D eigenvalue weighted by Gasteiger charge is 2.07. The zero-order chi connectivity index (χ0) is 17.1. The van der Waals surface area contributed by atoms with Crippen LogP contribution in [0.25, 0.3) is 5.65 Å². The molecule has 122 valence electrons. The Hall–Kier alpha value is -3.15. The Morgan fingerprint density at radius 2 is 1.96 bits per heavy atom. The van der Waals surface area contributed by atoms with Crippen LogP contribution in [0.1, 0.15) is 28.7 Å². The van der Waals surface area contributed by atoms with Crippen LogP contribution < -0.4 is 10.6 Å². The molecule has 0 saturated carbocycles. The number of aryl methyl sites for hydroxylation is 1. The Bertz CT molecular complexity index is 914. The number of hydrogen-bond acceptors (Lipinski definition) is 3. The monoisotopic (exact) mass is 322 g/mol. The number of imidazole rings is 1. The molecule has 2 amide bonds. The van der Waals surface area contributed by atoms with Gasteiger partial charge in [-0.05, 0) is 38.1 Å². The maximum absolute atomic E-state index is 12.0. The summed E-state index contributed by atoms with van der Waals surface area (Å²) in [5, 5.41) is 5.48. The molecule has 0 aliphatic carbocycles. The summed E-state index contributed by atoms with van der Waals surface area (Å²) in [6, 6.07) is 12.4. The summed E-state index contributed by atoms with van der Waals surface area (Å²) in [6.07, 6.45) is 1.90. The van der Waals surface area contributed by atoms with Crippen LogP contribution in [0.5, 0.6) is 0 Å². The summed E-state index contributed by atoms with van der Waals surface area (Å²) < 4.78 is 1.98. The Labute approximate surface area is 139 Å². The van der Waals surface area contributed by atoms with E-state index in [2.05, 4.69) is 15.6 Å². The molecule has 0 spiro atoms. The molecule has 0 aliphatic heterocycles. The van der Waals surface area contributed by atoms with Gasteiger partial charge in [-0.25, -0.2) is 9.78 Å². The molecule has 0 radical (unpaired) electrons. The Morgan fingerprint density at radius 3 is 2.71 bits per heavy atom. The van der Waals surface area contributed by atoms with Crippen LogP contribution in [-0.4, -0.2) is 21.2 Å². The minimum Gasteiger partial charge on any atom is -0.332 e. The van der Waals surface area contributed by atoms with Crippen LogP contribution in [-0.2, 0) is 6.54 Å². The van der Waals surface area contributed by atoms with Gasteiger partial charge in [-0.2, -0.15) is 0 Å². The predicted octanol–water partition coefficient (Wildman–Crippen LogP) is 3.17. The average molecular weight is 322 g/mol. The number of urea groups is 1. The molecule has 3 rings (SSSR count). The van der Waals surface area contributed by atoms with Crippen molar-refractivity contribution in [2.24, 2.45) is 0 Å². The zero-order valence-corrected chi connectivity index (χ0v) is 13.5. The Balaban J connectivity index is 1.63. The maximum Gasteiger partial charge on any atom is 0.319 e. The van der Waals surface area contributed by atoms with E-state index in [0.717, 1.165) is 17.0 Å². The normalized spacial score (nSPS) is 10.6. The molecule has 0 atom stereocenters. The van der Waals surface area contributed by atoms with Gasteiger partial charge in [0.2, 0.25) is 0 Å². The van der Waals surface area contributed by atoms with E-state index in [1.54, 1.807) is 24.3 Å². The first-order valence-electron chi connectivity index (χ1n) is 7.62. The SMILES string of the molecule is CC(=O)c1cccc(NC(=O)NCc2cn3c(C)cccc3n2)c1. The van der Waals surface area contributed by atoms with Gasteiger partial charge < -0.3 is 15.0 Å². The smallest absolute Gasteiger partial charge is 0.319 e. The van der Waals surface area contributed by atoms with Crippen molar-refractivity contribution in [1.82, 2.24) is 14.7 Å². The van der Waals surface area contributed by atoms with E-state index >= 15 is 0 Å². The van der Waals surface area contributed by atoms with Gasteiger partial charge in [0.1, 0.15) is 5.65 Å². The maximum atomic E-state index is 12.0. The van der Waals surface area contributed by atoms with Gasteiger partial charge in [0.15, 0.2) is 5.78 Å². The molecule has 3 aromatic rings. The van der Waals surface area contributed by atoms with Crippen LogP contribution in [0, 0.1) is 6.92 Å². The number of pyridine rings is 1. The van der Waals surface area contributed by atoms with E-state index < -0.39 is 0 Å².